The lowest BCUT2D eigenvalue weighted by Crippen LogP contribution is -2.23. The van der Waals surface area contributed by atoms with E-state index in [1.165, 1.54) is 34.2 Å². The van der Waals surface area contributed by atoms with Gasteiger partial charge in [0.15, 0.2) is 0 Å². The number of benzene rings is 2. The Bertz CT molecular complexity index is 569. The summed E-state index contributed by atoms with van der Waals surface area (Å²) in [5.74, 6) is 0. The third-order valence-electron chi connectivity index (χ3n) is 4.22. The van der Waals surface area contributed by atoms with Crippen LogP contribution in [0.2, 0.25) is 0 Å². The van der Waals surface area contributed by atoms with Gasteiger partial charge >= 0.3 is 0 Å². The van der Waals surface area contributed by atoms with Crippen molar-refractivity contribution in [2.24, 2.45) is 0 Å². The van der Waals surface area contributed by atoms with Crippen molar-refractivity contribution in [1.29, 1.82) is 0 Å². The number of hydrogen-bond donors (Lipinski definition) is 1. The van der Waals surface area contributed by atoms with Gasteiger partial charge in [-0.1, -0.05) is 62.7 Å². The van der Waals surface area contributed by atoms with Gasteiger partial charge in [0.1, 0.15) is 0 Å². The molecule has 1 atom stereocenters. The summed E-state index contributed by atoms with van der Waals surface area (Å²) in [7, 11) is 0. The second-order valence-corrected chi connectivity index (χ2v) is 5.77. The molecule has 0 saturated heterocycles. The van der Waals surface area contributed by atoms with Crippen molar-refractivity contribution < 1.29 is 0 Å². The van der Waals surface area contributed by atoms with Crippen LogP contribution < -0.4 is 5.32 Å². The molecule has 0 aliphatic carbocycles. The number of aryl methyl sites for hydroxylation is 2. The first-order valence-electron chi connectivity index (χ1n) is 8.05. The molecule has 21 heavy (non-hydrogen) atoms. The van der Waals surface area contributed by atoms with E-state index in [0.717, 1.165) is 13.0 Å². The van der Waals surface area contributed by atoms with Crippen molar-refractivity contribution in [2.75, 3.05) is 6.54 Å². The van der Waals surface area contributed by atoms with Gasteiger partial charge in [0.05, 0.1) is 6.04 Å². The Kier molecular flexibility index (Phi) is 5.58. The van der Waals surface area contributed by atoms with Crippen LogP contribution in [0.25, 0.3) is 0 Å². The van der Waals surface area contributed by atoms with Gasteiger partial charge in [-0.25, -0.2) is 0 Å². The van der Waals surface area contributed by atoms with Crippen LogP contribution in [-0.2, 0) is 6.42 Å². The molecule has 0 fully saturated rings. The fourth-order valence-corrected chi connectivity index (χ4v) is 2.86. The van der Waals surface area contributed by atoms with Crippen LogP contribution in [0, 0.1) is 13.8 Å². The summed E-state index contributed by atoms with van der Waals surface area (Å²) >= 11 is 0. The molecule has 1 heteroatoms. The third-order valence-corrected chi connectivity index (χ3v) is 4.22. The van der Waals surface area contributed by atoms with Crippen LogP contribution in [0.5, 0.6) is 0 Å². The summed E-state index contributed by atoms with van der Waals surface area (Å²) in [4.78, 5) is 0. The Morgan fingerprint density at radius 3 is 2.29 bits per heavy atom. The number of nitrogens with one attached hydrogen (secondary N) is 1. The first-order chi connectivity index (χ1) is 10.2. The second kappa shape index (κ2) is 7.42. The topological polar surface area (TPSA) is 12.0 Å². The van der Waals surface area contributed by atoms with Crippen LogP contribution in [0.3, 0.4) is 0 Å². The summed E-state index contributed by atoms with van der Waals surface area (Å²) in [5.41, 5.74) is 6.92. The Morgan fingerprint density at radius 1 is 0.952 bits per heavy atom. The summed E-state index contributed by atoms with van der Waals surface area (Å²) in [5, 5.41) is 3.63. The van der Waals surface area contributed by atoms with E-state index in [2.05, 4.69) is 75.5 Å². The fourth-order valence-electron chi connectivity index (χ4n) is 2.86. The van der Waals surface area contributed by atoms with Crippen molar-refractivity contribution in [3.63, 3.8) is 0 Å². The molecular weight excluding hydrogens is 254 g/mol. The first kappa shape index (κ1) is 15.8. The molecule has 0 spiro atoms. The standard InChI is InChI=1S/C20H27N/c1-5-8-17-11-13-18(14-12-17)20(21-6-2)19-10-7-9-15(3)16(19)4/h7,9-14,20-21H,5-6,8H2,1-4H3. The molecule has 1 nitrogen and oxygen atoms in total. The Hall–Kier alpha value is -1.60. The lowest BCUT2D eigenvalue weighted by Gasteiger charge is -2.22. The minimum atomic E-state index is 0.283. The van der Waals surface area contributed by atoms with E-state index >= 15 is 0 Å². The van der Waals surface area contributed by atoms with Gasteiger partial charge in [-0.15, -0.1) is 0 Å². The molecule has 0 aromatic heterocycles. The van der Waals surface area contributed by atoms with E-state index in [-0.39, 0.29) is 6.04 Å². The summed E-state index contributed by atoms with van der Waals surface area (Å²) in [6.45, 7) is 9.77. The van der Waals surface area contributed by atoms with Crippen LogP contribution in [0.15, 0.2) is 42.5 Å². The van der Waals surface area contributed by atoms with Gasteiger partial charge in [0, 0.05) is 0 Å². The highest BCUT2D eigenvalue weighted by Crippen LogP contribution is 2.27. The highest BCUT2D eigenvalue weighted by molar-refractivity contribution is 5.41. The molecule has 112 valence electrons. The number of rotatable bonds is 6. The van der Waals surface area contributed by atoms with Crippen molar-refractivity contribution >= 4 is 0 Å². The molecule has 1 N–H and O–H groups in total. The largest absolute Gasteiger partial charge is 0.307 e. The Labute approximate surface area is 129 Å². The van der Waals surface area contributed by atoms with E-state index in [1.807, 2.05) is 0 Å². The van der Waals surface area contributed by atoms with E-state index in [0.29, 0.717) is 0 Å². The zero-order chi connectivity index (χ0) is 15.2. The van der Waals surface area contributed by atoms with E-state index in [1.54, 1.807) is 0 Å². The third kappa shape index (κ3) is 3.74. The molecule has 0 heterocycles. The molecule has 2 aromatic rings. The Morgan fingerprint density at radius 2 is 1.67 bits per heavy atom. The van der Waals surface area contributed by atoms with Crippen molar-refractivity contribution in [1.82, 2.24) is 5.32 Å². The van der Waals surface area contributed by atoms with Gasteiger partial charge in [-0.3, -0.25) is 0 Å². The minimum absolute atomic E-state index is 0.283. The van der Waals surface area contributed by atoms with Gasteiger partial charge in [0.25, 0.3) is 0 Å². The molecule has 2 rings (SSSR count). The highest BCUT2D eigenvalue weighted by atomic mass is 14.9. The molecular formula is C20H27N. The molecule has 0 saturated carbocycles. The highest BCUT2D eigenvalue weighted by Gasteiger charge is 2.15. The maximum absolute atomic E-state index is 3.63. The van der Waals surface area contributed by atoms with Crippen molar-refractivity contribution in [3.05, 3.63) is 70.3 Å². The maximum atomic E-state index is 3.63. The van der Waals surface area contributed by atoms with E-state index in [4.69, 9.17) is 0 Å². The van der Waals surface area contributed by atoms with E-state index < -0.39 is 0 Å². The lowest BCUT2D eigenvalue weighted by atomic mass is 9.92. The first-order valence-corrected chi connectivity index (χ1v) is 8.05. The normalized spacial score (nSPS) is 12.4. The molecule has 0 bridgehead atoms. The zero-order valence-corrected chi connectivity index (χ0v) is 13.7. The summed E-state index contributed by atoms with van der Waals surface area (Å²) in [6.07, 6.45) is 2.36. The van der Waals surface area contributed by atoms with Gasteiger partial charge in [-0.05, 0) is 54.6 Å². The average molecular weight is 281 g/mol. The molecule has 0 aliphatic heterocycles. The number of hydrogen-bond acceptors (Lipinski definition) is 1. The second-order valence-electron chi connectivity index (χ2n) is 5.77. The minimum Gasteiger partial charge on any atom is -0.307 e. The predicted octanol–water partition coefficient (Wildman–Crippen LogP) is 4.95. The van der Waals surface area contributed by atoms with Crippen LogP contribution in [0.4, 0.5) is 0 Å². The quantitative estimate of drug-likeness (QED) is 0.789. The van der Waals surface area contributed by atoms with Crippen molar-refractivity contribution in [3.8, 4) is 0 Å². The Balaban J connectivity index is 2.36. The molecule has 0 radical (unpaired) electrons. The van der Waals surface area contributed by atoms with E-state index in [9.17, 15) is 0 Å². The predicted molar refractivity (Wildman–Crippen MR) is 91.9 cm³/mol. The van der Waals surface area contributed by atoms with Gasteiger partial charge in [0.2, 0.25) is 0 Å². The maximum Gasteiger partial charge on any atom is 0.0579 e. The lowest BCUT2D eigenvalue weighted by molar-refractivity contribution is 0.627. The van der Waals surface area contributed by atoms with Gasteiger partial charge in [-0.2, -0.15) is 0 Å². The fraction of sp³-hybridized carbons (Fsp3) is 0.400. The molecule has 1 unspecified atom stereocenters. The summed E-state index contributed by atoms with van der Waals surface area (Å²) < 4.78 is 0. The van der Waals surface area contributed by atoms with Crippen LogP contribution >= 0.6 is 0 Å². The van der Waals surface area contributed by atoms with Crippen LogP contribution in [0.1, 0.15) is 54.1 Å². The summed E-state index contributed by atoms with van der Waals surface area (Å²) in [6, 6.07) is 16.0. The monoisotopic (exact) mass is 281 g/mol. The zero-order valence-electron chi connectivity index (χ0n) is 13.7. The van der Waals surface area contributed by atoms with Crippen molar-refractivity contribution in [2.45, 2.75) is 46.6 Å². The SMILES string of the molecule is CCCc1ccc(C(NCC)c2cccc(C)c2C)cc1. The van der Waals surface area contributed by atoms with Crippen LogP contribution in [-0.4, -0.2) is 6.54 Å². The molecule has 2 aromatic carbocycles. The molecule has 0 aliphatic rings. The van der Waals surface area contributed by atoms with Gasteiger partial charge < -0.3 is 5.32 Å². The average Bonchev–Trinajstić information content (AvgIpc) is 2.49. The smallest absolute Gasteiger partial charge is 0.0579 e. The molecule has 0 amide bonds.